The van der Waals surface area contributed by atoms with Crippen LogP contribution in [0.15, 0.2) is 18.2 Å². The van der Waals surface area contributed by atoms with E-state index in [2.05, 4.69) is 9.69 Å². The van der Waals surface area contributed by atoms with Crippen LogP contribution in [0.25, 0.3) is 0 Å². The summed E-state index contributed by atoms with van der Waals surface area (Å²) in [5.74, 6) is 0.0616. The molecule has 0 fully saturated rings. The van der Waals surface area contributed by atoms with Gasteiger partial charge in [0.15, 0.2) is 0 Å². The number of hydrogen-bond donors (Lipinski definition) is 2. The molecule has 1 aliphatic heterocycles. The van der Waals surface area contributed by atoms with Crippen LogP contribution in [-0.4, -0.2) is 15.4 Å². The highest BCUT2D eigenvalue weighted by Gasteiger charge is 2.18. The van der Waals surface area contributed by atoms with E-state index in [0.29, 0.717) is 12.8 Å². The Labute approximate surface area is 128 Å². The van der Waals surface area contributed by atoms with Crippen LogP contribution in [0.5, 0.6) is 0 Å². The molecule has 0 saturated carbocycles. The van der Waals surface area contributed by atoms with Crippen molar-refractivity contribution in [3.05, 3.63) is 45.5 Å². The highest BCUT2D eigenvalue weighted by Crippen LogP contribution is 2.29. The molecule has 2 heterocycles. The van der Waals surface area contributed by atoms with Crippen LogP contribution < -0.4 is 5.32 Å². The standard InChI is InChI=1S/C16H18N2O2S/c1-9-10(2)18-21-15(9)8-14(19)12-3-5-13-11(7-12)4-6-16(20)17-13/h3,5,7,14,19H,4,6,8H2,1-2H3,(H,17,20). The van der Waals surface area contributed by atoms with Gasteiger partial charge in [0.2, 0.25) is 5.91 Å². The van der Waals surface area contributed by atoms with E-state index in [0.717, 1.165) is 33.8 Å². The first kappa shape index (κ1) is 14.2. The summed E-state index contributed by atoms with van der Waals surface area (Å²) in [6.45, 7) is 4.03. The van der Waals surface area contributed by atoms with Crippen LogP contribution in [0.4, 0.5) is 5.69 Å². The van der Waals surface area contributed by atoms with Crippen molar-refractivity contribution >= 4 is 23.1 Å². The lowest BCUT2D eigenvalue weighted by molar-refractivity contribution is -0.116. The van der Waals surface area contributed by atoms with Gasteiger partial charge in [0.05, 0.1) is 11.8 Å². The maximum atomic E-state index is 11.4. The number of nitrogens with zero attached hydrogens (tertiary/aromatic N) is 1. The number of carbonyl (C=O) groups excluding carboxylic acids is 1. The SMILES string of the molecule is Cc1nsc(CC(O)c2ccc3c(c2)CCC(=O)N3)c1C. The van der Waals surface area contributed by atoms with Gasteiger partial charge in [0, 0.05) is 23.4 Å². The fourth-order valence-corrected chi connectivity index (χ4v) is 3.46. The molecular formula is C16H18N2O2S. The van der Waals surface area contributed by atoms with E-state index in [-0.39, 0.29) is 5.91 Å². The Morgan fingerprint density at radius 3 is 2.90 bits per heavy atom. The number of rotatable bonds is 3. The van der Waals surface area contributed by atoms with E-state index in [9.17, 15) is 9.90 Å². The van der Waals surface area contributed by atoms with Gasteiger partial charge in [-0.1, -0.05) is 12.1 Å². The molecule has 5 heteroatoms. The lowest BCUT2D eigenvalue weighted by atomic mass is 9.96. The second kappa shape index (κ2) is 5.58. The minimum atomic E-state index is -0.536. The molecular weight excluding hydrogens is 284 g/mol. The summed E-state index contributed by atoms with van der Waals surface area (Å²) in [6.07, 6.45) is 1.30. The highest BCUT2D eigenvalue weighted by molar-refractivity contribution is 7.06. The number of fused-ring (bicyclic) bond motifs is 1. The van der Waals surface area contributed by atoms with Crippen molar-refractivity contribution in [2.24, 2.45) is 0 Å². The molecule has 1 amide bonds. The van der Waals surface area contributed by atoms with Gasteiger partial charge < -0.3 is 10.4 Å². The molecule has 1 unspecified atom stereocenters. The fraction of sp³-hybridized carbons (Fsp3) is 0.375. The Morgan fingerprint density at radius 1 is 1.38 bits per heavy atom. The van der Waals surface area contributed by atoms with Gasteiger partial charge in [-0.3, -0.25) is 4.79 Å². The number of aliphatic hydroxyl groups excluding tert-OH is 1. The molecule has 2 aromatic rings. The molecule has 21 heavy (non-hydrogen) atoms. The predicted molar refractivity (Wildman–Crippen MR) is 83.6 cm³/mol. The van der Waals surface area contributed by atoms with Gasteiger partial charge in [-0.25, -0.2) is 0 Å². The summed E-state index contributed by atoms with van der Waals surface area (Å²) in [7, 11) is 0. The number of carbonyl (C=O) groups is 1. The minimum absolute atomic E-state index is 0.0616. The first-order chi connectivity index (χ1) is 10.0. The molecule has 0 aliphatic carbocycles. The summed E-state index contributed by atoms with van der Waals surface area (Å²) < 4.78 is 4.32. The number of aromatic nitrogens is 1. The Kier molecular flexibility index (Phi) is 3.78. The van der Waals surface area contributed by atoms with Crippen LogP contribution in [0.2, 0.25) is 0 Å². The molecule has 1 aromatic carbocycles. The molecule has 110 valence electrons. The van der Waals surface area contributed by atoms with Crippen molar-refractivity contribution in [3.63, 3.8) is 0 Å². The average molecular weight is 302 g/mol. The van der Waals surface area contributed by atoms with Gasteiger partial charge in [0.1, 0.15) is 0 Å². The number of benzene rings is 1. The molecule has 0 spiro atoms. The minimum Gasteiger partial charge on any atom is -0.388 e. The van der Waals surface area contributed by atoms with Crippen LogP contribution >= 0.6 is 11.5 Å². The summed E-state index contributed by atoms with van der Waals surface area (Å²) in [5, 5.41) is 13.3. The van der Waals surface area contributed by atoms with Gasteiger partial charge in [-0.05, 0) is 54.6 Å². The molecule has 2 N–H and O–H groups in total. The molecule has 3 rings (SSSR count). The number of hydrogen-bond acceptors (Lipinski definition) is 4. The normalized spacial score (nSPS) is 15.5. The maximum absolute atomic E-state index is 11.4. The number of anilines is 1. The molecule has 0 saturated heterocycles. The van der Waals surface area contributed by atoms with E-state index >= 15 is 0 Å². The van der Waals surface area contributed by atoms with Crippen molar-refractivity contribution in [2.75, 3.05) is 5.32 Å². The zero-order chi connectivity index (χ0) is 15.0. The van der Waals surface area contributed by atoms with Gasteiger partial charge in [-0.15, -0.1) is 0 Å². The van der Waals surface area contributed by atoms with Crippen molar-refractivity contribution in [1.29, 1.82) is 0 Å². The topological polar surface area (TPSA) is 62.2 Å². The van der Waals surface area contributed by atoms with Crippen LogP contribution in [0.3, 0.4) is 0 Å². The van der Waals surface area contributed by atoms with Crippen LogP contribution in [0.1, 0.15) is 39.8 Å². The molecule has 0 radical (unpaired) electrons. The Morgan fingerprint density at radius 2 is 2.19 bits per heavy atom. The first-order valence-electron chi connectivity index (χ1n) is 7.07. The van der Waals surface area contributed by atoms with E-state index < -0.39 is 6.10 Å². The molecule has 1 atom stereocenters. The first-order valence-corrected chi connectivity index (χ1v) is 7.84. The quantitative estimate of drug-likeness (QED) is 0.916. The third-order valence-electron chi connectivity index (χ3n) is 4.04. The second-order valence-corrected chi connectivity index (χ2v) is 6.36. The molecule has 1 aliphatic rings. The third-order valence-corrected chi connectivity index (χ3v) is 5.10. The highest BCUT2D eigenvalue weighted by atomic mass is 32.1. The fourth-order valence-electron chi connectivity index (χ4n) is 2.56. The summed E-state index contributed by atoms with van der Waals surface area (Å²) in [5.41, 5.74) is 5.07. The van der Waals surface area contributed by atoms with Crippen LogP contribution in [-0.2, 0) is 17.6 Å². The predicted octanol–water partition coefficient (Wildman–Crippen LogP) is 2.92. The number of nitrogens with one attached hydrogen (secondary N) is 1. The van der Waals surface area contributed by atoms with Crippen molar-refractivity contribution in [3.8, 4) is 0 Å². The smallest absolute Gasteiger partial charge is 0.224 e. The number of aliphatic hydroxyl groups is 1. The lowest BCUT2D eigenvalue weighted by Gasteiger charge is -2.19. The number of aryl methyl sites for hydroxylation is 2. The molecule has 4 nitrogen and oxygen atoms in total. The van der Waals surface area contributed by atoms with E-state index in [4.69, 9.17) is 0 Å². The second-order valence-electron chi connectivity index (χ2n) is 5.50. The molecule has 0 bridgehead atoms. The van der Waals surface area contributed by atoms with Crippen LogP contribution in [0, 0.1) is 13.8 Å². The average Bonchev–Trinajstić information content (AvgIpc) is 2.78. The Hall–Kier alpha value is -1.72. The van der Waals surface area contributed by atoms with E-state index in [1.165, 1.54) is 17.1 Å². The Bertz CT molecular complexity index is 694. The van der Waals surface area contributed by atoms with E-state index in [1.807, 2.05) is 32.0 Å². The summed E-state index contributed by atoms with van der Waals surface area (Å²) in [6, 6.07) is 5.77. The molecule has 1 aromatic heterocycles. The van der Waals surface area contributed by atoms with Crippen molar-refractivity contribution in [1.82, 2.24) is 4.37 Å². The van der Waals surface area contributed by atoms with Gasteiger partial charge in [-0.2, -0.15) is 4.37 Å². The van der Waals surface area contributed by atoms with Crippen molar-refractivity contribution < 1.29 is 9.90 Å². The lowest BCUT2D eigenvalue weighted by Crippen LogP contribution is -2.19. The monoisotopic (exact) mass is 302 g/mol. The van der Waals surface area contributed by atoms with Gasteiger partial charge >= 0.3 is 0 Å². The van der Waals surface area contributed by atoms with E-state index in [1.54, 1.807) is 0 Å². The third kappa shape index (κ3) is 2.84. The van der Waals surface area contributed by atoms with Gasteiger partial charge in [0.25, 0.3) is 0 Å². The summed E-state index contributed by atoms with van der Waals surface area (Å²) in [4.78, 5) is 12.5. The van der Waals surface area contributed by atoms with Crippen molar-refractivity contribution in [2.45, 2.75) is 39.2 Å². The largest absolute Gasteiger partial charge is 0.388 e. The zero-order valence-electron chi connectivity index (χ0n) is 12.1. The zero-order valence-corrected chi connectivity index (χ0v) is 13.0. The maximum Gasteiger partial charge on any atom is 0.224 e. The number of amides is 1. The Balaban J connectivity index is 1.80. The summed E-state index contributed by atoms with van der Waals surface area (Å²) >= 11 is 1.46.